The van der Waals surface area contributed by atoms with Crippen LogP contribution in [0.3, 0.4) is 0 Å². The van der Waals surface area contributed by atoms with Crippen molar-refractivity contribution >= 4 is 16.8 Å². The highest BCUT2D eigenvalue weighted by molar-refractivity contribution is 7.78. The van der Waals surface area contributed by atoms with Crippen molar-refractivity contribution in [2.75, 3.05) is 5.73 Å². The first kappa shape index (κ1) is 19.4. The molecule has 0 spiro atoms. The van der Waals surface area contributed by atoms with Crippen molar-refractivity contribution in [2.24, 2.45) is 0 Å². The predicted octanol–water partition coefficient (Wildman–Crippen LogP) is 4.06. The van der Waals surface area contributed by atoms with Crippen LogP contribution in [0.1, 0.15) is 31.4 Å². The van der Waals surface area contributed by atoms with Gasteiger partial charge in [-0.25, -0.2) is 0 Å². The molecule has 21 heavy (non-hydrogen) atoms. The van der Waals surface area contributed by atoms with E-state index in [0.29, 0.717) is 0 Å². The normalized spacial score (nSPS) is 10.5. The maximum Gasteiger partial charge on any atom is 0.0353 e. The van der Waals surface area contributed by atoms with Crippen molar-refractivity contribution < 1.29 is 8.76 Å². The lowest BCUT2D eigenvalue weighted by molar-refractivity contribution is 0.536. The molecule has 0 aliphatic rings. The molecule has 1 unspecified atom stereocenters. The van der Waals surface area contributed by atoms with E-state index in [0.717, 1.165) is 16.8 Å². The Morgan fingerprint density at radius 2 is 1.48 bits per heavy atom. The second kappa shape index (κ2) is 12.1. The second-order valence-corrected chi connectivity index (χ2v) is 5.39. The minimum atomic E-state index is -1.97. The largest absolute Gasteiger partial charge is 0.772 e. The zero-order valence-corrected chi connectivity index (χ0v) is 13.7. The van der Waals surface area contributed by atoms with Gasteiger partial charge in [-0.1, -0.05) is 79.9 Å². The van der Waals surface area contributed by atoms with E-state index in [1.807, 2.05) is 49.4 Å². The SMILES string of the molecule is CCC.Cc1ccccc1N.O=S([O-])Cc1ccccc1. The van der Waals surface area contributed by atoms with Crippen LogP contribution in [0.2, 0.25) is 0 Å². The highest BCUT2D eigenvalue weighted by Crippen LogP contribution is 2.06. The number of nitrogen functional groups attached to an aromatic ring is 1. The summed E-state index contributed by atoms with van der Waals surface area (Å²) in [5.74, 6) is 0.112. The highest BCUT2D eigenvalue weighted by Gasteiger charge is 1.87. The van der Waals surface area contributed by atoms with Crippen molar-refractivity contribution in [3.05, 3.63) is 65.7 Å². The van der Waals surface area contributed by atoms with Crippen molar-refractivity contribution in [1.29, 1.82) is 0 Å². The monoisotopic (exact) mass is 306 g/mol. The topological polar surface area (TPSA) is 66.2 Å². The molecule has 0 heterocycles. The summed E-state index contributed by atoms with van der Waals surface area (Å²) in [4.78, 5) is 0. The fourth-order valence-electron chi connectivity index (χ4n) is 1.30. The van der Waals surface area contributed by atoms with Crippen LogP contribution >= 0.6 is 0 Å². The van der Waals surface area contributed by atoms with Gasteiger partial charge in [0.15, 0.2) is 0 Å². The number of benzene rings is 2. The third-order valence-electron chi connectivity index (χ3n) is 2.32. The predicted molar refractivity (Wildman–Crippen MR) is 90.6 cm³/mol. The van der Waals surface area contributed by atoms with Crippen molar-refractivity contribution in [3.63, 3.8) is 0 Å². The first-order chi connectivity index (χ1) is 10.0. The van der Waals surface area contributed by atoms with Crippen LogP contribution in [-0.2, 0) is 16.8 Å². The van der Waals surface area contributed by atoms with Gasteiger partial charge in [0.05, 0.1) is 0 Å². The van der Waals surface area contributed by atoms with Gasteiger partial charge in [0.2, 0.25) is 0 Å². The number of anilines is 1. The molecule has 0 aliphatic heterocycles. The fraction of sp³-hybridized carbons (Fsp3) is 0.294. The number of hydrogen-bond acceptors (Lipinski definition) is 3. The molecular formula is C17H24NO2S-. The molecule has 0 bridgehead atoms. The molecule has 0 aromatic heterocycles. The average Bonchev–Trinajstić information content (AvgIpc) is 2.44. The highest BCUT2D eigenvalue weighted by atomic mass is 32.2. The summed E-state index contributed by atoms with van der Waals surface area (Å²) in [6, 6.07) is 16.9. The Bertz CT molecular complexity index is 494. The van der Waals surface area contributed by atoms with Gasteiger partial charge in [-0.05, 0) is 24.1 Å². The summed E-state index contributed by atoms with van der Waals surface area (Å²) in [5.41, 5.74) is 8.36. The second-order valence-electron chi connectivity index (χ2n) is 4.50. The van der Waals surface area contributed by atoms with E-state index in [9.17, 15) is 8.76 Å². The van der Waals surface area contributed by atoms with Gasteiger partial charge in [0.1, 0.15) is 0 Å². The van der Waals surface area contributed by atoms with E-state index < -0.39 is 11.1 Å². The Morgan fingerprint density at radius 1 is 1.00 bits per heavy atom. The Kier molecular flexibility index (Phi) is 11.2. The smallest absolute Gasteiger partial charge is 0.0353 e. The Labute approximate surface area is 130 Å². The van der Waals surface area contributed by atoms with E-state index in [-0.39, 0.29) is 5.75 Å². The number of rotatable bonds is 2. The number of nitrogens with two attached hydrogens (primary N) is 1. The molecular weight excluding hydrogens is 282 g/mol. The van der Waals surface area contributed by atoms with E-state index in [1.165, 1.54) is 6.42 Å². The maximum atomic E-state index is 10.2. The third kappa shape index (κ3) is 10.8. The number of aryl methyl sites for hydroxylation is 1. The molecule has 0 fully saturated rings. The summed E-state index contributed by atoms with van der Waals surface area (Å²) in [6.45, 7) is 6.25. The van der Waals surface area contributed by atoms with Crippen molar-refractivity contribution in [3.8, 4) is 0 Å². The first-order valence-corrected chi connectivity index (χ1v) is 8.16. The van der Waals surface area contributed by atoms with Crippen LogP contribution in [0.5, 0.6) is 0 Å². The minimum Gasteiger partial charge on any atom is -0.772 e. The number of para-hydroxylation sites is 1. The van der Waals surface area contributed by atoms with Crippen molar-refractivity contribution in [1.82, 2.24) is 0 Å². The van der Waals surface area contributed by atoms with E-state index in [4.69, 9.17) is 5.73 Å². The maximum absolute atomic E-state index is 10.2. The zero-order valence-electron chi connectivity index (χ0n) is 12.9. The van der Waals surface area contributed by atoms with Gasteiger partial charge in [-0.15, -0.1) is 0 Å². The minimum absolute atomic E-state index is 0.112. The van der Waals surface area contributed by atoms with Gasteiger partial charge in [0.25, 0.3) is 0 Å². The van der Waals surface area contributed by atoms with E-state index in [2.05, 4.69) is 13.8 Å². The summed E-state index contributed by atoms with van der Waals surface area (Å²) in [7, 11) is 0. The van der Waals surface area contributed by atoms with Crippen LogP contribution in [0.15, 0.2) is 54.6 Å². The molecule has 2 aromatic carbocycles. The summed E-state index contributed by atoms with van der Waals surface area (Å²) in [6.07, 6.45) is 1.25. The van der Waals surface area contributed by atoms with Crippen LogP contribution in [0.25, 0.3) is 0 Å². The van der Waals surface area contributed by atoms with E-state index >= 15 is 0 Å². The summed E-state index contributed by atoms with van der Waals surface area (Å²) in [5, 5.41) is 0. The standard InChI is InChI=1S/C7H9N.C7H8O2S.C3H8/c1-6-4-2-3-5-7(6)8;8-10(9)6-7-4-2-1-3-5-7;1-3-2/h2-5H,8H2,1H3;1-5H,6H2,(H,8,9);3H2,1-2H3/p-1. The number of hydrogen-bond donors (Lipinski definition) is 1. The molecule has 0 saturated carbocycles. The lowest BCUT2D eigenvalue weighted by atomic mass is 10.2. The molecule has 2 aromatic rings. The molecule has 0 radical (unpaired) electrons. The summed E-state index contributed by atoms with van der Waals surface area (Å²) < 4.78 is 20.3. The third-order valence-corrected chi connectivity index (χ3v) is 2.88. The Balaban J connectivity index is 0.000000327. The molecule has 0 aliphatic carbocycles. The van der Waals surface area contributed by atoms with Crippen molar-refractivity contribution in [2.45, 2.75) is 32.9 Å². The lowest BCUT2D eigenvalue weighted by Gasteiger charge is -2.02. The van der Waals surface area contributed by atoms with Gasteiger partial charge in [-0.3, -0.25) is 4.21 Å². The molecule has 2 N–H and O–H groups in total. The van der Waals surface area contributed by atoms with Gasteiger partial charge < -0.3 is 10.3 Å². The van der Waals surface area contributed by atoms with Gasteiger partial charge in [-0.2, -0.15) is 0 Å². The van der Waals surface area contributed by atoms with Crippen LogP contribution in [-0.4, -0.2) is 8.76 Å². The Morgan fingerprint density at radius 3 is 1.86 bits per heavy atom. The molecule has 2 rings (SSSR count). The van der Waals surface area contributed by atoms with Gasteiger partial charge in [0, 0.05) is 11.4 Å². The lowest BCUT2D eigenvalue weighted by Crippen LogP contribution is -1.91. The van der Waals surface area contributed by atoms with Crippen LogP contribution in [0, 0.1) is 6.92 Å². The average molecular weight is 306 g/mol. The molecule has 1 atom stereocenters. The van der Waals surface area contributed by atoms with Gasteiger partial charge >= 0.3 is 0 Å². The molecule has 0 saturated heterocycles. The molecule has 3 nitrogen and oxygen atoms in total. The molecule has 116 valence electrons. The molecule has 4 heteroatoms. The Hall–Kier alpha value is -1.65. The molecule has 0 amide bonds. The quantitative estimate of drug-likeness (QED) is 0.672. The zero-order chi connectivity index (χ0) is 16.1. The first-order valence-electron chi connectivity index (χ1n) is 6.92. The van der Waals surface area contributed by atoms with E-state index in [1.54, 1.807) is 12.1 Å². The van der Waals surface area contributed by atoms with Crippen LogP contribution in [0.4, 0.5) is 5.69 Å². The summed E-state index contributed by atoms with van der Waals surface area (Å²) >= 11 is -1.97. The van der Waals surface area contributed by atoms with Crippen LogP contribution < -0.4 is 5.73 Å². The fourth-order valence-corrected chi connectivity index (χ4v) is 1.76.